The van der Waals surface area contributed by atoms with E-state index in [-0.39, 0.29) is 42.4 Å². The van der Waals surface area contributed by atoms with Crippen molar-refractivity contribution < 1.29 is 49.4 Å². The van der Waals surface area contributed by atoms with Gasteiger partial charge >= 0.3 is 41.5 Å². The molecule has 0 heterocycles. The quantitative estimate of drug-likeness (QED) is 0.428. The van der Waals surface area contributed by atoms with Gasteiger partial charge in [0.2, 0.25) is 0 Å². The molecule has 0 atom stereocenters. The van der Waals surface area contributed by atoms with Crippen LogP contribution in [-0.4, -0.2) is 22.2 Å². The molecular formula is C8H15NaO4. The smallest absolute Gasteiger partial charge is 0.481 e. The molecule has 0 unspecified atom stereocenters. The Hall–Kier alpha value is -0.0600. The minimum absolute atomic E-state index is 0. The van der Waals surface area contributed by atoms with E-state index in [9.17, 15) is 9.59 Å². The Balaban J connectivity index is -0.000000173. The van der Waals surface area contributed by atoms with Gasteiger partial charge < -0.3 is 17.1 Å². The Morgan fingerprint density at radius 1 is 1.15 bits per heavy atom. The van der Waals surface area contributed by atoms with Crippen molar-refractivity contribution in [2.75, 3.05) is 0 Å². The summed E-state index contributed by atoms with van der Waals surface area (Å²) in [5.41, 5.74) is 0. The number of hydrogen-bond acceptors (Lipinski definition) is 2. The Morgan fingerprint density at radius 3 is 1.46 bits per heavy atom. The molecule has 5 heteroatoms. The number of unbranched alkanes of at least 4 members (excludes halogenated alkanes) is 1. The maximum Gasteiger partial charge on any atom is 1.00 e. The van der Waals surface area contributed by atoms with Gasteiger partial charge in [0.15, 0.2) is 0 Å². The first-order chi connectivity index (χ1) is 5.54. The van der Waals surface area contributed by atoms with Crippen molar-refractivity contribution in [2.45, 2.75) is 32.6 Å². The van der Waals surface area contributed by atoms with Crippen LogP contribution in [0.15, 0.2) is 0 Å². The molecule has 0 rings (SSSR count). The van der Waals surface area contributed by atoms with Crippen molar-refractivity contribution in [3.05, 3.63) is 6.92 Å². The van der Waals surface area contributed by atoms with Gasteiger partial charge in [-0.1, -0.05) is 13.3 Å². The molecule has 0 aromatic heterocycles. The van der Waals surface area contributed by atoms with Crippen molar-refractivity contribution in [2.24, 2.45) is 0 Å². The van der Waals surface area contributed by atoms with Crippen LogP contribution in [0.4, 0.5) is 0 Å². The van der Waals surface area contributed by atoms with Gasteiger partial charge in [-0.05, 0) is 0 Å². The van der Waals surface area contributed by atoms with Gasteiger partial charge in [0, 0.05) is 0 Å². The molecule has 0 saturated heterocycles. The van der Waals surface area contributed by atoms with E-state index < -0.39 is 11.9 Å². The summed E-state index contributed by atoms with van der Waals surface area (Å²) < 4.78 is 0. The number of rotatable bonds is 4. The molecule has 0 fully saturated rings. The molecule has 0 aliphatic carbocycles. The number of carboxylic acids is 2. The topological polar surface area (TPSA) is 74.6 Å². The van der Waals surface area contributed by atoms with E-state index in [4.69, 9.17) is 10.2 Å². The fraction of sp³-hybridized carbons (Fsp3) is 0.625. The van der Waals surface area contributed by atoms with E-state index in [2.05, 4.69) is 13.8 Å². The summed E-state index contributed by atoms with van der Waals surface area (Å²) in [4.78, 5) is 19.3. The molecule has 0 spiro atoms. The summed E-state index contributed by atoms with van der Waals surface area (Å²) in [6.07, 6.45) is 1.69. The van der Waals surface area contributed by atoms with E-state index in [1.807, 2.05) is 0 Å². The second kappa shape index (κ2) is 14.5. The van der Waals surface area contributed by atoms with E-state index >= 15 is 0 Å². The van der Waals surface area contributed by atoms with Gasteiger partial charge in [0.1, 0.15) is 0 Å². The third-order valence-corrected chi connectivity index (χ3v) is 0.906. The zero-order chi connectivity index (χ0) is 9.98. The molecule has 0 saturated carbocycles. The monoisotopic (exact) mass is 198 g/mol. The number of carbonyl (C=O) groups is 2. The summed E-state index contributed by atoms with van der Waals surface area (Å²) in [7, 11) is 0. The second-order valence-corrected chi connectivity index (χ2v) is 2.14. The maximum atomic E-state index is 9.64. The van der Waals surface area contributed by atoms with Crippen LogP contribution in [-0.2, 0) is 9.59 Å². The van der Waals surface area contributed by atoms with Gasteiger partial charge in [-0.2, -0.15) is 6.42 Å². The first-order valence-corrected chi connectivity index (χ1v) is 3.77. The molecule has 0 aliphatic heterocycles. The second-order valence-electron chi connectivity index (χ2n) is 2.14. The summed E-state index contributed by atoms with van der Waals surface area (Å²) >= 11 is 0. The van der Waals surface area contributed by atoms with Crippen LogP contribution in [0, 0.1) is 6.92 Å². The first kappa shape index (κ1) is 18.7. The molecule has 72 valence electrons. The van der Waals surface area contributed by atoms with Gasteiger partial charge in [0.25, 0.3) is 0 Å². The first-order valence-electron chi connectivity index (χ1n) is 3.77. The normalized spacial score (nSPS) is 7.54. The zero-order valence-electron chi connectivity index (χ0n) is 8.25. The Kier molecular flexibility index (Phi) is 20.8. The molecule has 0 amide bonds. The summed E-state index contributed by atoms with van der Waals surface area (Å²) in [6, 6.07) is 0. The molecule has 4 nitrogen and oxygen atoms in total. The molecule has 13 heavy (non-hydrogen) atoms. The van der Waals surface area contributed by atoms with E-state index in [0.717, 1.165) is 6.42 Å². The van der Waals surface area contributed by atoms with Crippen LogP contribution in [0.5, 0.6) is 0 Å². The largest absolute Gasteiger partial charge is 1.00 e. The van der Waals surface area contributed by atoms with Gasteiger partial charge in [-0.25, -0.2) is 0 Å². The van der Waals surface area contributed by atoms with Crippen molar-refractivity contribution >= 4 is 11.9 Å². The number of hydrogen-bond donors (Lipinski definition) is 2. The van der Waals surface area contributed by atoms with Crippen molar-refractivity contribution in [1.29, 1.82) is 0 Å². The van der Waals surface area contributed by atoms with Crippen LogP contribution >= 0.6 is 0 Å². The Labute approximate surface area is 101 Å². The standard InChI is InChI=1S/C4H6O4.C4H9.Na/c5-3(6)1-2-4(7)8;1-3-4-2;/h1-2H2,(H,5,6)(H,7,8);1,3-4H2,2H3;/q;-1;+1. The summed E-state index contributed by atoms with van der Waals surface area (Å²) in [5, 5.41) is 15.8. The molecule has 0 aromatic rings. The Bertz CT molecular complexity index is 120. The number of aliphatic carboxylic acids is 2. The maximum absolute atomic E-state index is 9.64. The van der Waals surface area contributed by atoms with Crippen LogP contribution in [0.3, 0.4) is 0 Å². The third kappa shape index (κ3) is 33.4. The van der Waals surface area contributed by atoms with Crippen molar-refractivity contribution in [3.63, 3.8) is 0 Å². The SMILES string of the molecule is O=C(O)CCC(=O)O.[CH2-]CCC.[Na+]. The molecular weight excluding hydrogens is 183 g/mol. The van der Waals surface area contributed by atoms with Crippen molar-refractivity contribution in [3.8, 4) is 0 Å². The molecule has 2 N–H and O–H groups in total. The van der Waals surface area contributed by atoms with Gasteiger partial charge in [0.05, 0.1) is 12.8 Å². The fourth-order valence-corrected chi connectivity index (χ4v) is 0.214. The minimum Gasteiger partial charge on any atom is -0.481 e. The van der Waals surface area contributed by atoms with E-state index in [1.54, 1.807) is 0 Å². The average molecular weight is 198 g/mol. The molecule has 0 radical (unpaired) electrons. The van der Waals surface area contributed by atoms with Gasteiger partial charge in [-0.3, -0.25) is 9.59 Å². The van der Waals surface area contributed by atoms with Crippen LogP contribution in [0.2, 0.25) is 0 Å². The van der Waals surface area contributed by atoms with Crippen LogP contribution < -0.4 is 29.6 Å². The van der Waals surface area contributed by atoms with Crippen molar-refractivity contribution in [1.82, 2.24) is 0 Å². The average Bonchev–Trinajstić information content (AvgIpc) is 2.01. The summed E-state index contributed by atoms with van der Waals surface area (Å²) in [6.45, 7) is 5.72. The zero-order valence-corrected chi connectivity index (χ0v) is 10.2. The predicted molar refractivity (Wildman–Crippen MR) is 44.8 cm³/mol. The predicted octanol–water partition coefficient (Wildman–Crippen LogP) is -1.44. The molecule has 0 bridgehead atoms. The van der Waals surface area contributed by atoms with Gasteiger partial charge in [-0.15, -0.1) is 0 Å². The fourth-order valence-electron chi connectivity index (χ4n) is 0.214. The third-order valence-electron chi connectivity index (χ3n) is 0.906. The van der Waals surface area contributed by atoms with E-state index in [1.165, 1.54) is 6.42 Å². The summed E-state index contributed by atoms with van der Waals surface area (Å²) in [5.74, 6) is -2.15. The minimum atomic E-state index is -1.08. The molecule has 0 aliphatic rings. The molecule has 0 aromatic carbocycles. The Morgan fingerprint density at radius 2 is 1.38 bits per heavy atom. The number of carboxylic acid groups (broad SMARTS) is 2. The van der Waals surface area contributed by atoms with Crippen LogP contribution in [0.1, 0.15) is 32.6 Å². The van der Waals surface area contributed by atoms with Crippen LogP contribution in [0.25, 0.3) is 0 Å². The van der Waals surface area contributed by atoms with E-state index in [0.29, 0.717) is 0 Å².